The van der Waals surface area contributed by atoms with Gasteiger partial charge in [0.1, 0.15) is 0 Å². The summed E-state index contributed by atoms with van der Waals surface area (Å²) in [4.78, 5) is 11.3. The molecule has 0 saturated carbocycles. The second kappa shape index (κ2) is 6.24. The molecule has 6 nitrogen and oxygen atoms in total. The fraction of sp³-hybridized carbons (Fsp3) is 0.353. The Morgan fingerprint density at radius 3 is 2.83 bits per heavy atom. The van der Waals surface area contributed by atoms with Gasteiger partial charge in [0.2, 0.25) is 11.7 Å². The van der Waals surface area contributed by atoms with E-state index in [2.05, 4.69) is 52.2 Å². The maximum absolute atomic E-state index is 11.3. The van der Waals surface area contributed by atoms with Crippen LogP contribution in [0.15, 0.2) is 35.0 Å². The highest BCUT2D eigenvalue weighted by atomic mass is 16.6. The maximum atomic E-state index is 11.3. The third-order valence-electron chi connectivity index (χ3n) is 3.77. The van der Waals surface area contributed by atoms with E-state index in [4.69, 9.17) is 4.63 Å². The summed E-state index contributed by atoms with van der Waals surface area (Å²) < 4.78 is 7.06. The van der Waals surface area contributed by atoms with Gasteiger partial charge in [-0.05, 0) is 34.8 Å². The minimum atomic E-state index is -0.202. The SMILES string of the molecule is CC(=O)Nc1nonc1-c1cc2ccccc2n1CCC(C)C. The predicted molar refractivity (Wildman–Crippen MR) is 89.0 cm³/mol. The van der Waals surface area contributed by atoms with Gasteiger partial charge >= 0.3 is 0 Å². The van der Waals surface area contributed by atoms with Gasteiger partial charge in [0, 0.05) is 24.4 Å². The van der Waals surface area contributed by atoms with Crippen LogP contribution in [-0.2, 0) is 11.3 Å². The number of para-hydroxylation sites is 1. The maximum Gasteiger partial charge on any atom is 0.222 e. The Morgan fingerprint density at radius 2 is 2.09 bits per heavy atom. The van der Waals surface area contributed by atoms with Crippen molar-refractivity contribution in [3.05, 3.63) is 30.3 Å². The number of nitrogens with one attached hydrogen (secondary N) is 1. The number of aryl methyl sites for hydroxylation is 1. The van der Waals surface area contributed by atoms with E-state index >= 15 is 0 Å². The summed E-state index contributed by atoms with van der Waals surface area (Å²) in [7, 11) is 0. The van der Waals surface area contributed by atoms with Gasteiger partial charge in [0.15, 0.2) is 5.69 Å². The second-order valence-corrected chi connectivity index (χ2v) is 6.07. The Hall–Kier alpha value is -2.63. The van der Waals surface area contributed by atoms with Gasteiger partial charge in [-0.2, -0.15) is 0 Å². The molecule has 0 bridgehead atoms. The number of benzene rings is 1. The molecular weight excluding hydrogens is 292 g/mol. The molecule has 0 aliphatic heterocycles. The van der Waals surface area contributed by atoms with Crippen LogP contribution in [0.5, 0.6) is 0 Å². The normalized spacial score (nSPS) is 11.3. The van der Waals surface area contributed by atoms with Crippen LogP contribution in [0.3, 0.4) is 0 Å². The van der Waals surface area contributed by atoms with Crippen molar-refractivity contribution >= 4 is 22.6 Å². The molecular formula is C17H20N4O2. The minimum Gasteiger partial charge on any atom is -0.339 e. The molecule has 6 heteroatoms. The largest absolute Gasteiger partial charge is 0.339 e. The van der Waals surface area contributed by atoms with Gasteiger partial charge in [-0.1, -0.05) is 32.0 Å². The average Bonchev–Trinajstić information content (AvgIpc) is 3.08. The Kier molecular flexibility index (Phi) is 4.14. The number of nitrogens with zero attached hydrogens (tertiary/aromatic N) is 3. The lowest BCUT2D eigenvalue weighted by molar-refractivity contribution is -0.114. The Morgan fingerprint density at radius 1 is 1.30 bits per heavy atom. The van der Waals surface area contributed by atoms with Crippen LogP contribution in [-0.4, -0.2) is 20.8 Å². The standard InChI is InChI=1S/C17H20N4O2/c1-11(2)8-9-21-14-7-5-4-6-13(14)10-15(21)16-17(18-12(3)22)20-23-19-16/h4-7,10-11H,8-9H2,1-3H3,(H,18,20,22). The van der Waals surface area contributed by atoms with Crippen molar-refractivity contribution in [1.82, 2.24) is 14.9 Å². The van der Waals surface area contributed by atoms with Crippen LogP contribution < -0.4 is 5.32 Å². The Balaban J connectivity index is 2.11. The summed E-state index contributed by atoms with van der Waals surface area (Å²) in [5.74, 6) is 0.743. The average molecular weight is 312 g/mol. The molecule has 2 aromatic heterocycles. The molecule has 1 aromatic carbocycles. The number of hydrogen-bond donors (Lipinski definition) is 1. The topological polar surface area (TPSA) is 73.0 Å². The second-order valence-electron chi connectivity index (χ2n) is 6.07. The molecule has 0 aliphatic carbocycles. The highest BCUT2D eigenvalue weighted by Gasteiger charge is 2.19. The summed E-state index contributed by atoms with van der Waals surface area (Å²) in [5.41, 5.74) is 2.59. The first-order valence-electron chi connectivity index (χ1n) is 7.75. The lowest BCUT2D eigenvalue weighted by Crippen LogP contribution is -2.08. The number of anilines is 1. The van der Waals surface area contributed by atoms with Crippen LogP contribution in [0.25, 0.3) is 22.3 Å². The van der Waals surface area contributed by atoms with Crippen LogP contribution in [0.4, 0.5) is 5.82 Å². The zero-order valence-electron chi connectivity index (χ0n) is 13.5. The van der Waals surface area contributed by atoms with Crippen molar-refractivity contribution in [2.24, 2.45) is 5.92 Å². The molecule has 0 radical (unpaired) electrons. The zero-order valence-corrected chi connectivity index (χ0v) is 13.5. The monoisotopic (exact) mass is 312 g/mol. The van der Waals surface area contributed by atoms with E-state index in [9.17, 15) is 4.79 Å². The number of carbonyl (C=O) groups excluding carboxylic acids is 1. The Labute approximate surface area is 134 Å². The van der Waals surface area contributed by atoms with E-state index in [1.54, 1.807) is 0 Å². The van der Waals surface area contributed by atoms with Crippen LogP contribution >= 0.6 is 0 Å². The number of hydrogen-bond acceptors (Lipinski definition) is 4. The number of amides is 1. The smallest absolute Gasteiger partial charge is 0.222 e. The van der Waals surface area contributed by atoms with Crippen molar-refractivity contribution in [2.45, 2.75) is 33.7 Å². The lowest BCUT2D eigenvalue weighted by atomic mass is 10.1. The predicted octanol–water partition coefficient (Wildman–Crippen LogP) is 3.70. The summed E-state index contributed by atoms with van der Waals surface area (Å²) in [6, 6.07) is 10.2. The highest BCUT2D eigenvalue weighted by Crippen LogP contribution is 2.31. The van der Waals surface area contributed by atoms with Crippen molar-refractivity contribution in [3.63, 3.8) is 0 Å². The molecule has 1 amide bonds. The highest BCUT2D eigenvalue weighted by molar-refractivity contribution is 5.93. The van der Waals surface area contributed by atoms with Gasteiger partial charge in [0.25, 0.3) is 0 Å². The van der Waals surface area contributed by atoms with E-state index in [-0.39, 0.29) is 5.91 Å². The molecule has 3 rings (SSSR count). The Bertz CT molecular complexity index is 832. The molecule has 120 valence electrons. The van der Waals surface area contributed by atoms with Gasteiger partial charge < -0.3 is 9.88 Å². The quantitative estimate of drug-likeness (QED) is 0.779. The molecule has 0 atom stereocenters. The molecule has 0 saturated heterocycles. The van der Waals surface area contributed by atoms with E-state index < -0.39 is 0 Å². The van der Waals surface area contributed by atoms with Gasteiger partial charge in [-0.15, -0.1) is 0 Å². The number of aromatic nitrogens is 3. The number of carbonyl (C=O) groups is 1. The zero-order chi connectivity index (χ0) is 16.4. The molecule has 2 heterocycles. The third-order valence-corrected chi connectivity index (χ3v) is 3.77. The molecule has 0 spiro atoms. The summed E-state index contributed by atoms with van der Waals surface area (Å²) in [6.07, 6.45) is 1.05. The van der Waals surface area contributed by atoms with E-state index in [1.807, 2.05) is 12.1 Å². The number of rotatable bonds is 5. The molecule has 0 unspecified atom stereocenters. The lowest BCUT2D eigenvalue weighted by Gasteiger charge is -2.11. The van der Waals surface area contributed by atoms with Crippen molar-refractivity contribution < 1.29 is 9.42 Å². The fourth-order valence-corrected chi connectivity index (χ4v) is 2.64. The summed E-state index contributed by atoms with van der Waals surface area (Å²) in [6.45, 7) is 6.71. The van der Waals surface area contributed by atoms with Crippen LogP contribution in [0.1, 0.15) is 27.2 Å². The van der Waals surface area contributed by atoms with Crippen molar-refractivity contribution in [3.8, 4) is 11.4 Å². The van der Waals surface area contributed by atoms with E-state index in [1.165, 1.54) is 6.92 Å². The van der Waals surface area contributed by atoms with E-state index in [0.717, 1.165) is 29.6 Å². The first kappa shape index (κ1) is 15.3. The first-order valence-corrected chi connectivity index (χ1v) is 7.75. The van der Waals surface area contributed by atoms with Gasteiger partial charge in [-0.25, -0.2) is 4.63 Å². The van der Waals surface area contributed by atoms with Gasteiger partial charge in [0.05, 0.1) is 5.69 Å². The van der Waals surface area contributed by atoms with Crippen molar-refractivity contribution in [1.29, 1.82) is 0 Å². The van der Waals surface area contributed by atoms with Gasteiger partial charge in [-0.3, -0.25) is 4.79 Å². The first-order chi connectivity index (χ1) is 11.1. The summed E-state index contributed by atoms with van der Waals surface area (Å²) >= 11 is 0. The molecule has 0 aliphatic rings. The minimum absolute atomic E-state index is 0.202. The molecule has 1 N–H and O–H groups in total. The third kappa shape index (κ3) is 3.11. The molecule has 0 fully saturated rings. The van der Waals surface area contributed by atoms with Crippen molar-refractivity contribution in [2.75, 3.05) is 5.32 Å². The summed E-state index contributed by atoms with van der Waals surface area (Å²) in [5, 5.41) is 11.6. The van der Waals surface area contributed by atoms with Crippen LogP contribution in [0, 0.1) is 5.92 Å². The van der Waals surface area contributed by atoms with E-state index in [0.29, 0.717) is 17.4 Å². The fourth-order valence-electron chi connectivity index (χ4n) is 2.64. The molecule has 3 aromatic rings. The van der Waals surface area contributed by atoms with Crippen LogP contribution in [0.2, 0.25) is 0 Å². The molecule has 23 heavy (non-hydrogen) atoms. The number of fused-ring (bicyclic) bond motifs is 1.